The average Bonchev–Trinajstić information content (AvgIpc) is 2.49. The zero-order valence-corrected chi connectivity index (χ0v) is 10.6. The second-order valence-corrected chi connectivity index (χ2v) is 4.34. The first-order chi connectivity index (χ1) is 9.74. The lowest BCUT2D eigenvalue weighted by Gasteiger charge is -2.23. The van der Waals surface area contributed by atoms with Crippen molar-refractivity contribution in [2.45, 2.75) is 12.0 Å². The van der Waals surface area contributed by atoms with Crippen molar-refractivity contribution in [1.29, 1.82) is 0 Å². The smallest absolute Gasteiger partial charge is 0.328 e. The Bertz CT molecular complexity index is 533. The molecule has 1 atom stereocenters. The largest absolute Gasteiger partial charge is 0.480 e. The number of carbonyl (C=O) groups is 1. The molecule has 0 fully saturated rings. The van der Waals surface area contributed by atoms with Gasteiger partial charge in [-0.3, -0.25) is 5.43 Å². The Morgan fingerprint density at radius 2 is 1.40 bits per heavy atom. The number of carboxylic acid groups (broad SMARTS) is 1. The van der Waals surface area contributed by atoms with Gasteiger partial charge in [-0.1, -0.05) is 60.7 Å². The molecular weight excluding hydrogens is 256 g/mol. The van der Waals surface area contributed by atoms with Crippen LogP contribution in [0, 0.1) is 4.91 Å². The van der Waals surface area contributed by atoms with Crippen LogP contribution in [0.3, 0.4) is 0 Å². The molecular formula is C15H14N2O3. The van der Waals surface area contributed by atoms with Gasteiger partial charge in [-0.2, -0.15) is 0 Å². The monoisotopic (exact) mass is 270 g/mol. The minimum atomic E-state index is -1.12. The molecule has 0 spiro atoms. The highest BCUT2D eigenvalue weighted by Crippen LogP contribution is 2.28. The van der Waals surface area contributed by atoms with Gasteiger partial charge in [0.05, 0.1) is 5.29 Å². The van der Waals surface area contributed by atoms with Crippen LogP contribution in [0.5, 0.6) is 0 Å². The number of rotatable bonds is 6. The van der Waals surface area contributed by atoms with Crippen LogP contribution >= 0.6 is 0 Å². The maximum absolute atomic E-state index is 11.4. The van der Waals surface area contributed by atoms with Gasteiger partial charge >= 0.3 is 5.97 Å². The van der Waals surface area contributed by atoms with E-state index in [1.807, 2.05) is 60.7 Å². The SMILES string of the molecule is O=NN[C@H](C(=O)O)C(c1ccccc1)c1ccccc1. The van der Waals surface area contributed by atoms with E-state index < -0.39 is 17.9 Å². The Balaban J connectivity index is 2.49. The molecule has 0 saturated heterocycles. The third-order valence-corrected chi connectivity index (χ3v) is 3.11. The zero-order chi connectivity index (χ0) is 14.4. The number of hydrogen-bond acceptors (Lipinski definition) is 3. The topological polar surface area (TPSA) is 78.8 Å². The van der Waals surface area contributed by atoms with Gasteiger partial charge in [-0.25, -0.2) is 4.79 Å². The summed E-state index contributed by atoms with van der Waals surface area (Å²) in [5.74, 6) is -1.62. The summed E-state index contributed by atoms with van der Waals surface area (Å²) in [4.78, 5) is 21.9. The minimum absolute atomic E-state index is 0.493. The molecule has 0 aliphatic carbocycles. The summed E-state index contributed by atoms with van der Waals surface area (Å²) in [5.41, 5.74) is 3.76. The van der Waals surface area contributed by atoms with E-state index in [1.54, 1.807) is 0 Å². The van der Waals surface area contributed by atoms with Crippen molar-refractivity contribution < 1.29 is 9.90 Å². The second-order valence-electron chi connectivity index (χ2n) is 4.34. The van der Waals surface area contributed by atoms with Gasteiger partial charge in [-0.15, -0.1) is 4.91 Å². The summed E-state index contributed by atoms with van der Waals surface area (Å²) in [6.07, 6.45) is 0. The van der Waals surface area contributed by atoms with Crippen LogP contribution in [0.4, 0.5) is 0 Å². The van der Waals surface area contributed by atoms with Crippen LogP contribution in [0.15, 0.2) is 65.9 Å². The van der Waals surface area contributed by atoms with E-state index in [-0.39, 0.29) is 0 Å². The number of nitroso groups, excluding NO2 is 1. The molecule has 2 aromatic rings. The molecule has 2 N–H and O–H groups in total. The van der Waals surface area contributed by atoms with Crippen molar-refractivity contribution >= 4 is 5.97 Å². The van der Waals surface area contributed by atoms with Gasteiger partial charge in [0, 0.05) is 5.92 Å². The fraction of sp³-hybridized carbons (Fsp3) is 0.133. The normalized spacial score (nSPS) is 11.8. The number of carboxylic acids is 1. The van der Waals surface area contributed by atoms with Gasteiger partial charge < -0.3 is 5.11 Å². The lowest BCUT2D eigenvalue weighted by atomic mass is 9.85. The molecule has 2 rings (SSSR count). The summed E-state index contributed by atoms with van der Waals surface area (Å²) in [7, 11) is 0. The van der Waals surface area contributed by atoms with E-state index in [4.69, 9.17) is 0 Å². The van der Waals surface area contributed by atoms with E-state index >= 15 is 0 Å². The average molecular weight is 270 g/mol. The van der Waals surface area contributed by atoms with Crippen LogP contribution in [-0.2, 0) is 4.79 Å². The van der Waals surface area contributed by atoms with Crippen LogP contribution in [0.1, 0.15) is 17.0 Å². The van der Waals surface area contributed by atoms with Crippen molar-refractivity contribution in [3.63, 3.8) is 0 Å². The summed E-state index contributed by atoms with van der Waals surface area (Å²) >= 11 is 0. The maximum Gasteiger partial charge on any atom is 0.328 e. The Morgan fingerprint density at radius 3 is 1.75 bits per heavy atom. The van der Waals surface area contributed by atoms with Crippen LogP contribution in [0.25, 0.3) is 0 Å². The Kier molecular flexibility index (Phi) is 4.44. The highest BCUT2D eigenvalue weighted by Gasteiger charge is 2.31. The van der Waals surface area contributed by atoms with Gasteiger partial charge in [0.2, 0.25) is 0 Å². The van der Waals surface area contributed by atoms with E-state index in [0.717, 1.165) is 11.1 Å². The van der Waals surface area contributed by atoms with E-state index in [0.29, 0.717) is 0 Å². The highest BCUT2D eigenvalue weighted by atomic mass is 16.4. The molecule has 5 heteroatoms. The van der Waals surface area contributed by atoms with Crippen molar-refractivity contribution in [1.82, 2.24) is 5.43 Å². The predicted octanol–water partition coefficient (Wildman–Crippen LogP) is 2.54. The molecule has 102 valence electrons. The third kappa shape index (κ3) is 3.00. The van der Waals surface area contributed by atoms with E-state index in [9.17, 15) is 14.8 Å². The van der Waals surface area contributed by atoms with Gasteiger partial charge in [0.1, 0.15) is 0 Å². The quantitative estimate of drug-likeness (QED) is 0.624. The molecule has 0 aliphatic rings. The molecule has 0 aromatic heterocycles. The molecule has 0 unspecified atom stereocenters. The third-order valence-electron chi connectivity index (χ3n) is 3.11. The second kappa shape index (κ2) is 6.47. The molecule has 0 amide bonds. The summed E-state index contributed by atoms with van der Waals surface area (Å²) in [6.45, 7) is 0. The number of aliphatic carboxylic acids is 1. The van der Waals surface area contributed by atoms with Crippen molar-refractivity contribution in [2.24, 2.45) is 5.29 Å². The number of nitrogens with zero attached hydrogens (tertiary/aromatic N) is 1. The van der Waals surface area contributed by atoms with Gasteiger partial charge in [-0.05, 0) is 11.1 Å². The first kappa shape index (κ1) is 13.7. The Morgan fingerprint density at radius 1 is 0.950 bits per heavy atom. The standard InChI is InChI=1S/C15H14N2O3/c18-15(19)14(16-17-20)13(11-7-3-1-4-8-11)12-9-5-2-6-10-12/h1-10,13-14H,(H,16,20)(H,18,19)/t14-/m0/s1. The van der Waals surface area contributed by atoms with Crippen molar-refractivity contribution in [3.05, 3.63) is 76.7 Å². The summed E-state index contributed by atoms with van der Waals surface area (Å²) < 4.78 is 0. The maximum atomic E-state index is 11.4. The lowest BCUT2D eigenvalue weighted by molar-refractivity contribution is -0.139. The lowest BCUT2D eigenvalue weighted by Crippen LogP contribution is -2.39. The Labute approximate surface area is 116 Å². The number of benzene rings is 2. The van der Waals surface area contributed by atoms with Crippen LogP contribution in [-0.4, -0.2) is 17.1 Å². The summed E-state index contributed by atoms with van der Waals surface area (Å²) in [5, 5.41) is 11.9. The molecule has 5 nitrogen and oxygen atoms in total. The molecule has 20 heavy (non-hydrogen) atoms. The van der Waals surface area contributed by atoms with Crippen molar-refractivity contribution in [2.75, 3.05) is 0 Å². The molecule has 0 radical (unpaired) electrons. The summed E-state index contributed by atoms with van der Waals surface area (Å²) in [6, 6.07) is 17.3. The molecule has 2 aromatic carbocycles. The number of nitrogens with one attached hydrogen (secondary N) is 1. The van der Waals surface area contributed by atoms with Gasteiger partial charge in [0.25, 0.3) is 0 Å². The highest BCUT2D eigenvalue weighted by molar-refractivity contribution is 5.76. The van der Waals surface area contributed by atoms with Crippen molar-refractivity contribution in [3.8, 4) is 0 Å². The Hall–Kier alpha value is -2.69. The fourth-order valence-corrected chi connectivity index (χ4v) is 2.23. The van der Waals surface area contributed by atoms with Crippen LogP contribution in [0.2, 0.25) is 0 Å². The fourth-order valence-electron chi connectivity index (χ4n) is 2.23. The molecule has 0 saturated carbocycles. The van der Waals surface area contributed by atoms with Gasteiger partial charge in [0.15, 0.2) is 6.04 Å². The molecule has 0 aliphatic heterocycles. The first-order valence-corrected chi connectivity index (χ1v) is 6.14. The van der Waals surface area contributed by atoms with E-state index in [2.05, 4.69) is 10.7 Å². The molecule has 0 bridgehead atoms. The zero-order valence-electron chi connectivity index (χ0n) is 10.6. The predicted molar refractivity (Wildman–Crippen MR) is 75.1 cm³/mol. The van der Waals surface area contributed by atoms with Crippen LogP contribution < -0.4 is 5.43 Å². The number of hydrogen-bond donors (Lipinski definition) is 2. The minimum Gasteiger partial charge on any atom is -0.480 e. The van der Waals surface area contributed by atoms with E-state index in [1.165, 1.54) is 0 Å². The first-order valence-electron chi connectivity index (χ1n) is 6.14. The molecule has 0 heterocycles.